The van der Waals surface area contributed by atoms with Gasteiger partial charge in [-0.3, -0.25) is 4.79 Å². The zero-order valence-corrected chi connectivity index (χ0v) is 11.4. The first-order valence-corrected chi connectivity index (χ1v) is 7.05. The molecule has 2 heteroatoms. The topological polar surface area (TPSA) is 40.9 Å². The summed E-state index contributed by atoms with van der Waals surface area (Å²) in [6.07, 6.45) is 4.17. The Morgan fingerprint density at radius 1 is 1.37 bits per heavy atom. The molecule has 1 unspecified atom stereocenters. The van der Waals surface area contributed by atoms with Crippen LogP contribution < -0.4 is 0 Å². The van der Waals surface area contributed by atoms with E-state index in [4.69, 9.17) is 0 Å². The van der Waals surface area contributed by atoms with Gasteiger partial charge in [-0.15, -0.1) is 0 Å². The number of hydrogen-bond acceptors (Lipinski definition) is 2. The van der Waals surface area contributed by atoms with Gasteiger partial charge in [0.05, 0.1) is 12.0 Å². The maximum absolute atomic E-state index is 12.5. The molecule has 3 aliphatic carbocycles. The van der Waals surface area contributed by atoms with Crippen LogP contribution in [-0.2, 0) is 11.2 Å². The van der Waals surface area contributed by atoms with Gasteiger partial charge in [0.25, 0.3) is 0 Å². The molecule has 3 saturated carbocycles. The van der Waals surface area contributed by atoms with Crippen LogP contribution >= 0.6 is 0 Å². The Kier molecular flexibility index (Phi) is 2.74. The van der Waals surface area contributed by atoms with E-state index in [0.717, 1.165) is 25.7 Å². The third kappa shape index (κ3) is 1.89. The van der Waals surface area contributed by atoms with Gasteiger partial charge >= 0.3 is 0 Å². The van der Waals surface area contributed by atoms with E-state index in [1.807, 2.05) is 18.2 Å². The van der Waals surface area contributed by atoms with Gasteiger partial charge in [-0.25, -0.2) is 0 Å². The zero-order valence-electron chi connectivity index (χ0n) is 11.4. The van der Waals surface area contributed by atoms with Crippen LogP contribution in [0.4, 0.5) is 0 Å². The maximum atomic E-state index is 12.5. The van der Waals surface area contributed by atoms with E-state index < -0.39 is 0 Å². The predicted molar refractivity (Wildman–Crippen MR) is 73.3 cm³/mol. The van der Waals surface area contributed by atoms with E-state index in [1.165, 1.54) is 5.56 Å². The smallest absolute Gasteiger partial charge is 0.140 e. The minimum Gasteiger partial charge on any atom is -0.299 e. The molecular formula is C17H19NO. The van der Waals surface area contributed by atoms with Gasteiger partial charge in [-0.05, 0) is 36.7 Å². The Morgan fingerprint density at radius 2 is 2.05 bits per heavy atom. The molecule has 0 radical (unpaired) electrons. The minimum atomic E-state index is -0.293. The van der Waals surface area contributed by atoms with Crippen LogP contribution in [0, 0.1) is 28.1 Å². The van der Waals surface area contributed by atoms with E-state index in [-0.39, 0.29) is 16.7 Å². The molecule has 3 fully saturated rings. The van der Waals surface area contributed by atoms with E-state index >= 15 is 0 Å². The van der Waals surface area contributed by atoms with Crippen LogP contribution in [0.5, 0.6) is 0 Å². The lowest BCUT2D eigenvalue weighted by atomic mass is 9.57. The number of aryl methyl sites for hydroxylation is 1. The molecule has 0 aromatic heterocycles. The Bertz CT molecular complexity index is 534. The van der Waals surface area contributed by atoms with Gasteiger partial charge in [0.15, 0.2) is 0 Å². The second-order valence-corrected chi connectivity index (χ2v) is 6.61. The average Bonchev–Trinajstić information content (AvgIpc) is 2.85. The molecule has 2 nitrogen and oxygen atoms in total. The summed E-state index contributed by atoms with van der Waals surface area (Å²) in [6, 6.07) is 12.5. The normalized spacial score (nSPS) is 35.5. The molecule has 4 rings (SSSR count). The Hall–Kier alpha value is -1.62. The molecule has 0 heterocycles. The highest BCUT2D eigenvalue weighted by Crippen LogP contribution is 2.70. The quantitative estimate of drug-likeness (QED) is 0.823. The molecule has 0 N–H and O–H groups in total. The maximum Gasteiger partial charge on any atom is 0.140 e. The highest BCUT2D eigenvalue weighted by molar-refractivity contribution is 5.87. The van der Waals surface area contributed by atoms with E-state index in [0.29, 0.717) is 12.2 Å². The van der Waals surface area contributed by atoms with Crippen molar-refractivity contribution in [3.05, 3.63) is 35.9 Å². The summed E-state index contributed by atoms with van der Waals surface area (Å²) >= 11 is 0. The molecule has 1 atom stereocenters. The number of nitrogens with zero attached hydrogens (tertiary/aromatic N) is 1. The van der Waals surface area contributed by atoms with Gasteiger partial charge in [0.2, 0.25) is 0 Å². The fourth-order valence-electron chi connectivity index (χ4n) is 4.26. The predicted octanol–water partition coefficient (Wildman–Crippen LogP) is 3.52. The first-order valence-electron chi connectivity index (χ1n) is 7.05. The van der Waals surface area contributed by atoms with Crippen molar-refractivity contribution in [3.63, 3.8) is 0 Å². The highest BCUT2D eigenvalue weighted by atomic mass is 16.1. The van der Waals surface area contributed by atoms with Crippen LogP contribution in [0.2, 0.25) is 0 Å². The molecular weight excluding hydrogens is 234 g/mol. The molecule has 1 aromatic carbocycles. The van der Waals surface area contributed by atoms with Crippen molar-refractivity contribution in [2.24, 2.45) is 16.7 Å². The fourth-order valence-corrected chi connectivity index (χ4v) is 4.26. The molecule has 0 saturated heterocycles. The minimum absolute atomic E-state index is 0.0410. The van der Waals surface area contributed by atoms with E-state index in [9.17, 15) is 10.1 Å². The number of hydrogen-bond donors (Lipinski definition) is 0. The summed E-state index contributed by atoms with van der Waals surface area (Å²) in [4.78, 5) is 12.5. The van der Waals surface area contributed by atoms with E-state index in [2.05, 4.69) is 25.1 Å². The molecule has 0 spiro atoms. The molecule has 1 aromatic rings. The number of carbonyl (C=O) groups is 1. The lowest BCUT2D eigenvalue weighted by Gasteiger charge is -2.44. The van der Waals surface area contributed by atoms with Crippen LogP contribution in [0.3, 0.4) is 0 Å². The number of carbonyl (C=O) groups excluding carboxylic acids is 1. The summed E-state index contributed by atoms with van der Waals surface area (Å²) in [5.74, 6) is 0.277. The van der Waals surface area contributed by atoms with Crippen LogP contribution in [0.25, 0.3) is 0 Å². The van der Waals surface area contributed by atoms with E-state index in [1.54, 1.807) is 0 Å². The lowest BCUT2D eigenvalue weighted by Crippen LogP contribution is -2.44. The first-order chi connectivity index (χ1) is 9.08. The molecule has 3 aliphatic rings. The third-order valence-electron chi connectivity index (χ3n) is 5.04. The van der Waals surface area contributed by atoms with Gasteiger partial charge in [-0.2, -0.15) is 5.26 Å². The van der Waals surface area contributed by atoms with Gasteiger partial charge in [0, 0.05) is 11.8 Å². The number of rotatable bonds is 4. The SMILES string of the molecule is CC12CC(C#N)C(C(=O)CCc3ccccc3)(C1)C2. The summed E-state index contributed by atoms with van der Waals surface area (Å²) in [7, 11) is 0. The second kappa shape index (κ2) is 4.20. The highest BCUT2D eigenvalue weighted by Gasteiger charge is 2.66. The van der Waals surface area contributed by atoms with Gasteiger partial charge in [-0.1, -0.05) is 37.3 Å². The molecule has 98 valence electrons. The van der Waals surface area contributed by atoms with Crippen molar-refractivity contribution in [2.45, 2.75) is 39.0 Å². The molecule has 0 aliphatic heterocycles. The number of nitriles is 1. The third-order valence-corrected chi connectivity index (χ3v) is 5.04. The monoisotopic (exact) mass is 253 g/mol. The number of fused-ring (bicyclic) bond motifs is 1. The van der Waals surface area contributed by atoms with Gasteiger partial charge in [0.1, 0.15) is 5.78 Å². The summed E-state index contributed by atoms with van der Waals surface area (Å²) < 4.78 is 0. The largest absolute Gasteiger partial charge is 0.299 e. The van der Waals surface area contributed by atoms with Gasteiger partial charge < -0.3 is 0 Å². The molecule has 2 bridgehead atoms. The zero-order chi connectivity index (χ0) is 13.5. The number of Topliss-reactive ketones (excluding diaryl/α,β-unsaturated/α-hetero) is 1. The van der Waals surface area contributed by atoms with Crippen molar-refractivity contribution in [3.8, 4) is 6.07 Å². The number of benzene rings is 1. The molecule has 0 amide bonds. The lowest BCUT2D eigenvalue weighted by molar-refractivity contribution is -0.136. The summed E-state index contributed by atoms with van der Waals surface area (Å²) in [5, 5.41) is 9.27. The standard InChI is InChI=1S/C17H19NO/c1-16-9-14(10-18)17(11-16,12-16)15(19)8-7-13-5-3-2-4-6-13/h2-6,14H,7-9,11-12H2,1H3. The van der Waals surface area contributed by atoms with Crippen LogP contribution in [0.15, 0.2) is 30.3 Å². The molecule has 19 heavy (non-hydrogen) atoms. The first kappa shape index (κ1) is 12.4. The van der Waals surface area contributed by atoms with Crippen LogP contribution in [0.1, 0.15) is 38.2 Å². The summed E-state index contributed by atoms with van der Waals surface area (Å²) in [5.41, 5.74) is 1.18. The van der Waals surface area contributed by atoms with Crippen molar-refractivity contribution < 1.29 is 4.79 Å². The fraction of sp³-hybridized carbons (Fsp3) is 0.529. The van der Waals surface area contributed by atoms with Crippen molar-refractivity contribution in [1.29, 1.82) is 5.26 Å². The Labute approximate surface area is 114 Å². The van der Waals surface area contributed by atoms with Crippen molar-refractivity contribution in [1.82, 2.24) is 0 Å². The van der Waals surface area contributed by atoms with Crippen LogP contribution in [-0.4, -0.2) is 5.78 Å². The van der Waals surface area contributed by atoms with Crippen molar-refractivity contribution in [2.75, 3.05) is 0 Å². The average molecular weight is 253 g/mol. The second-order valence-electron chi connectivity index (χ2n) is 6.61. The van der Waals surface area contributed by atoms with Crippen molar-refractivity contribution >= 4 is 5.78 Å². The Morgan fingerprint density at radius 3 is 2.68 bits per heavy atom. The number of ketones is 1. The summed E-state index contributed by atoms with van der Waals surface area (Å²) in [6.45, 7) is 2.22. The Balaban J connectivity index is 1.67.